The average molecular weight is 1120 g/mol. The number of methoxy groups -OCH3 is 4. The Bertz CT molecular complexity index is 2850. The summed E-state index contributed by atoms with van der Waals surface area (Å²) in [6, 6.07) is 12.6. The highest BCUT2D eigenvalue weighted by atomic mass is 35.5. The van der Waals surface area contributed by atoms with E-state index >= 15 is 0 Å². The molecule has 4 aromatic rings. The zero-order chi connectivity index (χ0) is 57.2. The summed E-state index contributed by atoms with van der Waals surface area (Å²) in [6.45, 7) is 12.5. The first kappa shape index (κ1) is 59.4. The summed E-state index contributed by atoms with van der Waals surface area (Å²) in [5.74, 6) is 0.861. The van der Waals surface area contributed by atoms with Gasteiger partial charge in [-0.3, -0.25) is 0 Å². The second-order valence-corrected chi connectivity index (χ2v) is 25.2. The van der Waals surface area contributed by atoms with Crippen molar-refractivity contribution < 1.29 is 58.6 Å². The fourth-order valence-corrected chi connectivity index (χ4v) is 16.6. The van der Waals surface area contributed by atoms with Crippen LogP contribution in [0.2, 0.25) is 10.0 Å². The summed E-state index contributed by atoms with van der Waals surface area (Å²) in [5.41, 5.74) is 3.30. The fourth-order valence-electron chi connectivity index (χ4n) is 15.9. The van der Waals surface area contributed by atoms with Gasteiger partial charge < -0.3 is 39.4 Å². The standard InChI is InChI=1S/C65H80Cl2O12/c1-35(2)12-10-13-36(3)51-18-19-52-46-17-16-44-26-37(20-22-64(44,4)53(46)21-23-65(51,52)5)14-11-15-45(40-31-42(56(76-6)49(33-40)62(72)73)24-38-27-47(60(68)69)58(78-8)54(66)29-38)41-32-43(57(77-7)50(34-41)63(74)75)25-39-28-48(61(70)71)59(79-9)55(67)30-39/h15,27-37,44,46,51-53H,10-14,16-26H2,1-9H3,(H,68,69)(H,70,71)(H,72,73)(H,74,75)/t36?,37-,44-,46-,51+,52-,53-,64-,65+/m0/s1. The Hall–Kier alpha value is -5.72. The maximum absolute atomic E-state index is 13.3. The van der Waals surface area contributed by atoms with Crippen molar-refractivity contribution in [3.63, 3.8) is 0 Å². The molecule has 12 nitrogen and oxygen atoms in total. The molecule has 4 aliphatic carbocycles. The smallest absolute Gasteiger partial charge is 0.339 e. The number of carboxylic acids is 4. The average Bonchev–Trinajstić information content (AvgIpc) is 3.83. The van der Waals surface area contributed by atoms with Gasteiger partial charge in [-0.25, -0.2) is 19.2 Å². The Morgan fingerprint density at radius 3 is 1.56 bits per heavy atom. The number of allylic oxidation sites excluding steroid dienone is 1. The van der Waals surface area contributed by atoms with E-state index in [9.17, 15) is 39.6 Å². The van der Waals surface area contributed by atoms with Gasteiger partial charge in [-0.2, -0.15) is 0 Å². The third kappa shape index (κ3) is 12.0. The predicted molar refractivity (Wildman–Crippen MR) is 308 cm³/mol. The van der Waals surface area contributed by atoms with Gasteiger partial charge in [0.05, 0.1) is 38.5 Å². The highest BCUT2D eigenvalue weighted by Crippen LogP contribution is 2.69. The van der Waals surface area contributed by atoms with Crippen LogP contribution in [-0.2, 0) is 12.8 Å². The minimum Gasteiger partial charge on any atom is -0.496 e. The van der Waals surface area contributed by atoms with Gasteiger partial charge in [-0.15, -0.1) is 0 Å². The molecule has 0 heterocycles. The molecular formula is C65H80Cl2O12. The molecule has 4 aromatic carbocycles. The second kappa shape index (κ2) is 24.6. The van der Waals surface area contributed by atoms with Crippen molar-refractivity contribution in [3.05, 3.63) is 120 Å². The van der Waals surface area contributed by atoms with Crippen LogP contribution in [0.5, 0.6) is 23.0 Å². The van der Waals surface area contributed by atoms with Crippen LogP contribution in [0.1, 0.15) is 199 Å². The van der Waals surface area contributed by atoms with Crippen LogP contribution >= 0.6 is 23.2 Å². The largest absolute Gasteiger partial charge is 0.496 e. The van der Waals surface area contributed by atoms with E-state index in [2.05, 4.69) is 40.7 Å². The molecule has 4 aliphatic rings. The Morgan fingerprint density at radius 1 is 0.595 bits per heavy atom. The summed E-state index contributed by atoms with van der Waals surface area (Å²) >= 11 is 13.2. The van der Waals surface area contributed by atoms with Crippen LogP contribution in [0.3, 0.4) is 0 Å². The van der Waals surface area contributed by atoms with Crippen LogP contribution in [0.15, 0.2) is 54.6 Å². The summed E-state index contributed by atoms with van der Waals surface area (Å²) in [4.78, 5) is 51.3. The number of rotatable bonds is 22. The van der Waals surface area contributed by atoms with Gasteiger partial charge in [0.2, 0.25) is 0 Å². The van der Waals surface area contributed by atoms with Gasteiger partial charge in [0.25, 0.3) is 0 Å². The minimum atomic E-state index is -1.27. The monoisotopic (exact) mass is 1120 g/mol. The van der Waals surface area contributed by atoms with Crippen LogP contribution in [-0.4, -0.2) is 72.7 Å². The van der Waals surface area contributed by atoms with Crippen molar-refractivity contribution >= 4 is 52.7 Å². The third-order valence-electron chi connectivity index (χ3n) is 19.6. The number of carboxylic acid groups (broad SMARTS) is 4. The number of benzene rings is 4. The van der Waals surface area contributed by atoms with E-state index in [0.717, 1.165) is 54.8 Å². The van der Waals surface area contributed by atoms with Gasteiger partial charge in [0.15, 0.2) is 11.5 Å². The van der Waals surface area contributed by atoms with E-state index in [4.69, 9.17) is 42.1 Å². The number of hydrogen-bond donors (Lipinski definition) is 4. The maximum Gasteiger partial charge on any atom is 0.339 e. The lowest BCUT2D eigenvalue weighted by atomic mass is 9.44. The number of hydrogen-bond acceptors (Lipinski definition) is 8. The molecule has 0 spiro atoms. The van der Waals surface area contributed by atoms with Gasteiger partial charge in [0.1, 0.15) is 33.8 Å². The molecule has 0 bridgehead atoms. The third-order valence-corrected chi connectivity index (χ3v) is 20.1. The number of aromatic carboxylic acids is 4. The summed E-state index contributed by atoms with van der Waals surface area (Å²) < 4.78 is 22.2. The van der Waals surface area contributed by atoms with E-state index in [1.165, 1.54) is 117 Å². The summed E-state index contributed by atoms with van der Waals surface area (Å²) in [5, 5.41) is 41.9. The van der Waals surface area contributed by atoms with Gasteiger partial charge >= 0.3 is 23.9 Å². The quantitative estimate of drug-likeness (QED) is 0.0584. The molecule has 8 rings (SSSR count). The Labute approximate surface area is 476 Å². The van der Waals surface area contributed by atoms with E-state index in [-0.39, 0.29) is 68.1 Å². The van der Waals surface area contributed by atoms with Crippen molar-refractivity contribution in [2.75, 3.05) is 28.4 Å². The number of ether oxygens (including phenoxy) is 4. The second-order valence-electron chi connectivity index (χ2n) is 24.3. The number of fused-ring (bicyclic) bond motifs is 5. The van der Waals surface area contributed by atoms with Crippen molar-refractivity contribution in [2.45, 2.75) is 137 Å². The highest BCUT2D eigenvalue weighted by Gasteiger charge is 2.60. The predicted octanol–water partition coefficient (Wildman–Crippen LogP) is 16.0. The van der Waals surface area contributed by atoms with Crippen LogP contribution in [0, 0.1) is 58.2 Å². The zero-order valence-corrected chi connectivity index (χ0v) is 49.0. The molecule has 0 amide bonds. The minimum absolute atomic E-state index is 0.00909. The molecular weight excluding hydrogens is 1040 g/mol. The van der Waals surface area contributed by atoms with Crippen LogP contribution in [0.4, 0.5) is 0 Å². The summed E-state index contributed by atoms with van der Waals surface area (Å²) in [7, 11) is 5.40. The van der Waals surface area contributed by atoms with E-state index in [0.29, 0.717) is 68.0 Å². The van der Waals surface area contributed by atoms with Crippen LogP contribution in [0.25, 0.3) is 5.57 Å². The normalized spacial score (nSPS) is 24.6. The first-order valence-corrected chi connectivity index (χ1v) is 29.1. The first-order valence-electron chi connectivity index (χ1n) is 28.4. The maximum atomic E-state index is 13.3. The molecule has 4 N–H and O–H groups in total. The fraction of sp³-hybridized carbons (Fsp3) is 0.538. The highest BCUT2D eigenvalue weighted by molar-refractivity contribution is 6.33. The molecule has 14 heteroatoms. The number of halogens is 2. The van der Waals surface area contributed by atoms with E-state index in [1.54, 1.807) is 24.3 Å². The summed E-state index contributed by atoms with van der Waals surface area (Å²) in [6.07, 6.45) is 19.0. The zero-order valence-electron chi connectivity index (χ0n) is 47.4. The Kier molecular flexibility index (Phi) is 18.5. The van der Waals surface area contributed by atoms with E-state index in [1.807, 2.05) is 0 Å². The molecule has 426 valence electrons. The topological polar surface area (TPSA) is 186 Å². The molecule has 9 atom stereocenters. The van der Waals surface area contributed by atoms with E-state index < -0.39 is 23.9 Å². The Morgan fingerprint density at radius 2 is 1.08 bits per heavy atom. The SMILES string of the molecule is COc1c(Cl)cc(Cc2cc(C(=CCC[C@H]3CC[C@@]4(C)[C@@H](CC[C@@H]5[C@@H]4CC[C@]4(C)[C@@H](C(C)CCCC(C)C)CC[C@@H]54)C3)c3cc(Cc4cc(Cl)c(OC)c(C(=O)O)c4)c(OC)c(C(=O)O)c3)cc(C(=O)O)c2OC)cc1C(=O)O. The van der Waals surface area contributed by atoms with Crippen molar-refractivity contribution in [2.24, 2.45) is 58.2 Å². The molecule has 4 saturated carbocycles. The lowest BCUT2D eigenvalue weighted by Gasteiger charge is -2.61. The van der Waals surface area contributed by atoms with Crippen molar-refractivity contribution in [1.29, 1.82) is 0 Å². The molecule has 0 radical (unpaired) electrons. The van der Waals surface area contributed by atoms with Crippen molar-refractivity contribution in [1.82, 2.24) is 0 Å². The molecule has 0 aromatic heterocycles. The van der Waals surface area contributed by atoms with Gasteiger partial charge in [-0.05, 0) is 216 Å². The Balaban J connectivity index is 1.15. The lowest BCUT2D eigenvalue weighted by molar-refractivity contribution is -0.121. The lowest BCUT2D eigenvalue weighted by Crippen LogP contribution is -2.53. The molecule has 1 unspecified atom stereocenters. The molecule has 79 heavy (non-hydrogen) atoms. The van der Waals surface area contributed by atoms with Gasteiger partial charge in [0, 0.05) is 12.8 Å². The van der Waals surface area contributed by atoms with Crippen LogP contribution < -0.4 is 18.9 Å². The molecule has 0 saturated heterocycles. The first-order chi connectivity index (χ1) is 37.6. The van der Waals surface area contributed by atoms with Crippen molar-refractivity contribution in [3.8, 4) is 23.0 Å². The van der Waals surface area contributed by atoms with Gasteiger partial charge in [-0.1, -0.05) is 83.2 Å². The molecule has 0 aliphatic heterocycles. The molecule has 4 fully saturated rings. The number of carbonyl (C=O) groups is 4.